The fourth-order valence-corrected chi connectivity index (χ4v) is 1.81. The van der Waals surface area contributed by atoms with E-state index in [0.717, 1.165) is 17.9 Å². The number of phenols is 1. The van der Waals surface area contributed by atoms with Crippen molar-refractivity contribution in [2.45, 2.75) is 6.54 Å². The predicted octanol–water partition coefficient (Wildman–Crippen LogP) is 3.20. The molecule has 0 spiro atoms. The van der Waals surface area contributed by atoms with Gasteiger partial charge in [0.25, 0.3) is 0 Å². The lowest BCUT2D eigenvalue weighted by Crippen LogP contribution is -2.10. The Morgan fingerprint density at radius 3 is 2.33 bits per heavy atom. The molecule has 2 N–H and O–H groups in total. The molecule has 0 atom stereocenters. The average Bonchev–Trinajstić information content (AvgIpc) is 2.31. The van der Waals surface area contributed by atoms with Crippen LogP contribution in [0.15, 0.2) is 48.5 Å². The third-order valence-corrected chi connectivity index (χ3v) is 2.59. The maximum atomic E-state index is 9.39. The lowest BCUT2D eigenvalue weighted by atomic mass is 10.2. The number of phenolic OH excluding ortho intramolecular Hbond substituents is 1. The molecular weight excluding hydrogens is 224 g/mol. The predicted molar refractivity (Wildman–Crippen MR) is 75.2 cm³/mol. The van der Waals surface area contributed by atoms with Gasteiger partial charge in [-0.25, -0.2) is 0 Å². The molecule has 0 radical (unpaired) electrons. The molecule has 0 saturated carbocycles. The number of benzene rings is 2. The van der Waals surface area contributed by atoms with Gasteiger partial charge in [0.05, 0.1) is 0 Å². The smallest absolute Gasteiger partial charge is 0.117 e. The number of nitrogens with zero attached hydrogens (tertiary/aromatic N) is 1. The molecule has 0 aliphatic rings. The number of anilines is 2. The molecule has 0 aliphatic heterocycles. The number of nitrogens with one attached hydrogen (secondary N) is 1. The molecule has 0 amide bonds. The van der Waals surface area contributed by atoms with E-state index < -0.39 is 0 Å². The summed E-state index contributed by atoms with van der Waals surface area (Å²) in [5, 5.41) is 12.6. The second-order valence-corrected chi connectivity index (χ2v) is 4.61. The highest BCUT2D eigenvalue weighted by atomic mass is 16.3. The van der Waals surface area contributed by atoms with E-state index in [4.69, 9.17) is 0 Å². The molecule has 94 valence electrons. The summed E-state index contributed by atoms with van der Waals surface area (Å²) in [4.78, 5) is 2.14. The van der Waals surface area contributed by atoms with Gasteiger partial charge in [-0.2, -0.15) is 0 Å². The van der Waals surface area contributed by atoms with Gasteiger partial charge in [-0.05, 0) is 43.9 Å². The molecule has 0 fully saturated rings. The van der Waals surface area contributed by atoms with Crippen molar-refractivity contribution in [2.24, 2.45) is 0 Å². The van der Waals surface area contributed by atoms with Crippen LogP contribution in [0.1, 0.15) is 5.56 Å². The van der Waals surface area contributed by atoms with Gasteiger partial charge in [0.1, 0.15) is 5.75 Å². The van der Waals surface area contributed by atoms with E-state index in [1.165, 1.54) is 5.56 Å². The minimum atomic E-state index is 0.268. The standard InChI is InChI=1S/C15H18N2O/c1-17(2)11-12-6-8-13(9-7-12)16-14-4-3-5-15(18)10-14/h3-10,16,18H,11H2,1-2H3. The Labute approximate surface area is 108 Å². The van der Waals surface area contributed by atoms with E-state index in [2.05, 4.69) is 36.4 Å². The SMILES string of the molecule is CN(C)Cc1ccc(Nc2cccc(O)c2)cc1. The van der Waals surface area contributed by atoms with Crippen LogP contribution in [0.2, 0.25) is 0 Å². The first-order valence-electron chi connectivity index (χ1n) is 5.93. The molecule has 2 aromatic carbocycles. The van der Waals surface area contributed by atoms with Gasteiger partial charge in [0, 0.05) is 24.0 Å². The van der Waals surface area contributed by atoms with E-state index in [-0.39, 0.29) is 5.75 Å². The van der Waals surface area contributed by atoms with Crippen LogP contribution >= 0.6 is 0 Å². The normalized spacial score (nSPS) is 10.6. The number of hydrogen-bond donors (Lipinski definition) is 2. The zero-order valence-corrected chi connectivity index (χ0v) is 10.7. The van der Waals surface area contributed by atoms with Crippen LogP contribution < -0.4 is 5.32 Å². The van der Waals surface area contributed by atoms with Crippen LogP contribution in [0, 0.1) is 0 Å². The summed E-state index contributed by atoms with van der Waals surface area (Å²) < 4.78 is 0. The Bertz CT molecular complexity index is 506. The Balaban J connectivity index is 2.06. The Kier molecular flexibility index (Phi) is 3.85. The van der Waals surface area contributed by atoms with E-state index in [9.17, 15) is 5.11 Å². The van der Waals surface area contributed by atoms with Gasteiger partial charge in [-0.1, -0.05) is 18.2 Å². The summed E-state index contributed by atoms with van der Waals surface area (Å²) in [6, 6.07) is 15.4. The van der Waals surface area contributed by atoms with Crippen LogP contribution in [-0.2, 0) is 6.54 Å². The monoisotopic (exact) mass is 242 g/mol. The molecule has 18 heavy (non-hydrogen) atoms. The second kappa shape index (κ2) is 5.56. The van der Waals surface area contributed by atoms with Gasteiger partial charge in [0.2, 0.25) is 0 Å². The third-order valence-electron chi connectivity index (χ3n) is 2.59. The summed E-state index contributed by atoms with van der Waals surface area (Å²) in [6.07, 6.45) is 0. The van der Waals surface area contributed by atoms with Crippen LogP contribution in [0.5, 0.6) is 5.75 Å². The van der Waals surface area contributed by atoms with Gasteiger partial charge in [-0.3, -0.25) is 0 Å². The molecule has 0 bridgehead atoms. The van der Waals surface area contributed by atoms with Crippen molar-refractivity contribution in [3.63, 3.8) is 0 Å². The largest absolute Gasteiger partial charge is 0.508 e. The zero-order chi connectivity index (χ0) is 13.0. The lowest BCUT2D eigenvalue weighted by Gasteiger charge is -2.11. The Hall–Kier alpha value is -2.00. The maximum Gasteiger partial charge on any atom is 0.117 e. The van der Waals surface area contributed by atoms with Crippen LogP contribution in [0.3, 0.4) is 0 Å². The minimum Gasteiger partial charge on any atom is -0.508 e. The topological polar surface area (TPSA) is 35.5 Å². The van der Waals surface area contributed by atoms with E-state index in [0.29, 0.717) is 0 Å². The summed E-state index contributed by atoms with van der Waals surface area (Å²) >= 11 is 0. The molecule has 0 heterocycles. The molecule has 2 rings (SSSR count). The van der Waals surface area contributed by atoms with E-state index >= 15 is 0 Å². The average molecular weight is 242 g/mol. The van der Waals surface area contributed by atoms with Crippen molar-refractivity contribution < 1.29 is 5.11 Å². The second-order valence-electron chi connectivity index (χ2n) is 4.61. The molecule has 0 unspecified atom stereocenters. The third kappa shape index (κ3) is 3.50. The van der Waals surface area contributed by atoms with Crippen molar-refractivity contribution in [3.8, 4) is 5.75 Å². The quantitative estimate of drug-likeness (QED) is 0.864. The highest BCUT2D eigenvalue weighted by molar-refractivity contribution is 5.61. The highest BCUT2D eigenvalue weighted by Gasteiger charge is 1.98. The summed E-state index contributed by atoms with van der Waals surface area (Å²) in [6.45, 7) is 0.937. The first kappa shape index (κ1) is 12.5. The number of rotatable bonds is 4. The first-order chi connectivity index (χ1) is 8.63. The summed E-state index contributed by atoms with van der Waals surface area (Å²) in [7, 11) is 4.11. The molecular formula is C15H18N2O. The van der Waals surface area contributed by atoms with Gasteiger partial charge in [0.15, 0.2) is 0 Å². The molecule has 3 heteroatoms. The maximum absolute atomic E-state index is 9.39. The molecule has 0 aromatic heterocycles. The van der Waals surface area contributed by atoms with Crippen molar-refractivity contribution >= 4 is 11.4 Å². The first-order valence-corrected chi connectivity index (χ1v) is 5.93. The Morgan fingerprint density at radius 2 is 1.72 bits per heavy atom. The van der Waals surface area contributed by atoms with E-state index in [1.54, 1.807) is 12.1 Å². The van der Waals surface area contributed by atoms with Crippen molar-refractivity contribution in [1.82, 2.24) is 4.90 Å². The van der Waals surface area contributed by atoms with Gasteiger partial charge >= 0.3 is 0 Å². The van der Waals surface area contributed by atoms with E-state index in [1.807, 2.05) is 24.3 Å². The van der Waals surface area contributed by atoms with Crippen LogP contribution in [0.25, 0.3) is 0 Å². The summed E-state index contributed by atoms with van der Waals surface area (Å²) in [5.41, 5.74) is 3.18. The fourth-order valence-electron chi connectivity index (χ4n) is 1.81. The molecule has 2 aromatic rings. The van der Waals surface area contributed by atoms with Crippen molar-refractivity contribution in [3.05, 3.63) is 54.1 Å². The van der Waals surface area contributed by atoms with Crippen molar-refractivity contribution in [2.75, 3.05) is 19.4 Å². The minimum absolute atomic E-state index is 0.268. The molecule has 3 nitrogen and oxygen atoms in total. The van der Waals surface area contributed by atoms with Crippen LogP contribution in [-0.4, -0.2) is 24.1 Å². The fraction of sp³-hybridized carbons (Fsp3) is 0.200. The zero-order valence-electron chi connectivity index (χ0n) is 10.7. The number of hydrogen-bond acceptors (Lipinski definition) is 3. The van der Waals surface area contributed by atoms with Gasteiger partial charge < -0.3 is 15.3 Å². The van der Waals surface area contributed by atoms with Gasteiger partial charge in [-0.15, -0.1) is 0 Å². The lowest BCUT2D eigenvalue weighted by molar-refractivity contribution is 0.402. The number of aromatic hydroxyl groups is 1. The Morgan fingerprint density at radius 1 is 1.00 bits per heavy atom. The van der Waals surface area contributed by atoms with Crippen molar-refractivity contribution in [1.29, 1.82) is 0 Å². The molecule has 0 aliphatic carbocycles. The molecule has 0 saturated heterocycles. The van der Waals surface area contributed by atoms with Crippen LogP contribution in [0.4, 0.5) is 11.4 Å². The highest BCUT2D eigenvalue weighted by Crippen LogP contribution is 2.20. The summed E-state index contributed by atoms with van der Waals surface area (Å²) in [5.74, 6) is 0.268.